The molecule has 1 aliphatic heterocycles. The van der Waals surface area contributed by atoms with Gasteiger partial charge in [0.05, 0.1) is 0 Å². The Bertz CT molecular complexity index is 439. The highest BCUT2D eigenvalue weighted by molar-refractivity contribution is 5.87. The van der Waals surface area contributed by atoms with Crippen LogP contribution in [0.4, 0.5) is 4.39 Å². The van der Waals surface area contributed by atoms with Gasteiger partial charge in [0.1, 0.15) is 5.82 Å². The fraction of sp³-hybridized carbons (Fsp3) is 0.308. The van der Waals surface area contributed by atoms with Crippen LogP contribution in [0.25, 0.3) is 0 Å². The highest BCUT2D eigenvalue weighted by Gasteiger charge is 2.17. The van der Waals surface area contributed by atoms with E-state index in [4.69, 9.17) is 5.11 Å². The minimum absolute atomic E-state index is 0.251. The molecule has 1 aliphatic rings. The first-order valence-corrected chi connectivity index (χ1v) is 5.54. The van der Waals surface area contributed by atoms with E-state index in [1.165, 1.54) is 12.1 Å². The van der Waals surface area contributed by atoms with E-state index in [0.717, 1.165) is 18.5 Å². The zero-order valence-electron chi connectivity index (χ0n) is 9.40. The third kappa shape index (κ3) is 3.14. The van der Waals surface area contributed by atoms with Crippen molar-refractivity contribution in [2.24, 2.45) is 0 Å². The van der Waals surface area contributed by atoms with Gasteiger partial charge in [0.25, 0.3) is 0 Å². The van der Waals surface area contributed by atoms with Crippen LogP contribution in [0.1, 0.15) is 12.0 Å². The molecule has 0 aliphatic carbocycles. The molecule has 1 aromatic rings. The smallest absolute Gasteiger partial charge is 0.332 e. The van der Waals surface area contributed by atoms with Crippen LogP contribution >= 0.6 is 0 Å². The number of hydrogen-bond donors (Lipinski definition) is 1. The van der Waals surface area contributed by atoms with Crippen LogP contribution in [-0.2, 0) is 11.3 Å². The van der Waals surface area contributed by atoms with Gasteiger partial charge in [0.15, 0.2) is 0 Å². The summed E-state index contributed by atoms with van der Waals surface area (Å²) in [5, 5.41) is 8.91. The van der Waals surface area contributed by atoms with Gasteiger partial charge in [-0.3, -0.25) is 4.90 Å². The summed E-state index contributed by atoms with van der Waals surface area (Å²) in [5.74, 6) is -1.10. The Kier molecular flexibility index (Phi) is 3.54. The van der Waals surface area contributed by atoms with Gasteiger partial charge in [-0.15, -0.1) is 0 Å². The minimum Gasteiger partial charge on any atom is -0.478 e. The number of carbonyl (C=O) groups is 1. The minimum atomic E-state index is -0.853. The van der Waals surface area contributed by atoms with E-state index in [9.17, 15) is 9.18 Å². The first-order chi connectivity index (χ1) is 8.15. The summed E-state index contributed by atoms with van der Waals surface area (Å²) in [6.45, 7) is 1.95. The van der Waals surface area contributed by atoms with E-state index in [1.54, 1.807) is 18.2 Å². The van der Waals surface area contributed by atoms with Gasteiger partial charge in [0.2, 0.25) is 0 Å². The summed E-state index contributed by atoms with van der Waals surface area (Å²) in [4.78, 5) is 12.9. The summed E-state index contributed by atoms with van der Waals surface area (Å²) >= 11 is 0. The molecule has 1 N–H and O–H groups in total. The van der Waals surface area contributed by atoms with Crippen LogP contribution < -0.4 is 0 Å². The van der Waals surface area contributed by atoms with Crippen LogP contribution in [-0.4, -0.2) is 29.1 Å². The standard InChI is InChI=1S/C13H14FNO2/c14-12-5-3-10(4-6-12)8-15-7-1-2-11(9-15)13(16)17/h2-6H,1,7-9H2,(H,16,17). The lowest BCUT2D eigenvalue weighted by molar-refractivity contribution is -0.133. The number of nitrogens with zero attached hydrogens (tertiary/aromatic N) is 1. The monoisotopic (exact) mass is 235 g/mol. The Balaban J connectivity index is 1.99. The topological polar surface area (TPSA) is 40.5 Å². The molecule has 0 radical (unpaired) electrons. The zero-order chi connectivity index (χ0) is 12.3. The molecule has 1 heterocycles. The number of carboxylic acids is 1. The van der Waals surface area contributed by atoms with Crippen molar-refractivity contribution < 1.29 is 14.3 Å². The van der Waals surface area contributed by atoms with Gasteiger partial charge in [0, 0.05) is 25.2 Å². The molecule has 1 aromatic carbocycles. The summed E-state index contributed by atoms with van der Waals surface area (Å²) in [6, 6.07) is 6.31. The van der Waals surface area contributed by atoms with Gasteiger partial charge in [-0.25, -0.2) is 9.18 Å². The Labute approximate surface area is 99.2 Å². The molecule has 0 saturated carbocycles. The Morgan fingerprint density at radius 2 is 2.06 bits per heavy atom. The second-order valence-electron chi connectivity index (χ2n) is 4.16. The molecule has 2 rings (SSSR count). The van der Waals surface area contributed by atoms with Crippen molar-refractivity contribution >= 4 is 5.97 Å². The SMILES string of the molecule is O=C(O)C1=CCCN(Cc2ccc(F)cc2)C1. The third-order valence-electron chi connectivity index (χ3n) is 2.82. The van der Waals surface area contributed by atoms with E-state index in [1.807, 2.05) is 0 Å². The van der Waals surface area contributed by atoms with Gasteiger partial charge in [-0.2, -0.15) is 0 Å². The lowest BCUT2D eigenvalue weighted by Crippen LogP contribution is -2.31. The molecular weight excluding hydrogens is 221 g/mol. The van der Waals surface area contributed by atoms with Crippen molar-refractivity contribution in [1.82, 2.24) is 4.90 Å². The number of aliphatic carboxylic acids is 1. The van der Waals surface area contributed by atoms with Crippen LogP contribution in [0.3, 0.4) is 0 Å². The van der Waals surface area contributed by atoms with Gasteiger partial charge in [-0.1, -0.05) is 18.2 Å². The fourth-order valence-electron chi connectivity index (χ4n) is 1.94. The van der Waals surface area contributed by atoms with E-state index in [2.05, 4.69) is 4.90 Å². The highest BCUT2D eigenvalue weighted by atomic mass is 19.1. The molecule has 0 fully saturated rings. The predicted octanol–water partition coefficient (Wildman–Crippen LogP) is 2.04. The van der Waals surface area contributed by atoms with Gasteiger partial charge < -0.3 is 5.11 Å². The largest absolute Gasteiger partial charge is 0.478 e. The molecule has 0 unspecified atom stereocenters. The number of halogens is 1. The normalized spacial score (nSPS) is 16.6. The van der Waals surface area contributed by atoms with E-state index < -0.39 is 5.97 Å². The molecule has 0 spiro atoms. The second-order valence-corrected chi connectivity index (χ2v) is 4.16. The second kappa shape index (κ2) is 5.10. The Morgan fingerprint density at radius 3 is 2.71 bits per heavy atom. The van der Waals surface area contributed by atoms with Gasteiger partial charge in [-0.05, 0) is 24.1 Å². The van der Waals surface area contributed by atoms with E-state index in [0.29, 0.717) is 18.7 Å². The molecule has 0 aromatic heterocycles. The Hall–Kier alpha value is -1.68. The van der Waals surface area contributed by atoms with E-state index in [-0.39, 0.29) is 5.82 Å². The van der Waals surface area contributed by atoms with Crippen LogP contribution in [0.15, 0.2) is 35.9 Å². The molecule has 90 valence electrons. The lowest BCUT2D eigenvalue weighted by atomic mass is 10.1. The zero-order valence-corrected chi connectivity index (χ0v) is 9.40. The molecule has 0 atom stereocenters. The molecule has 3 nitrogen and oxygen atoms in total. The van der Waals surface area contributed by atoms with Crippen molar-refractivity contribution in [2.75, 3.05) is 13.1 Å². The van der Waals surface area contributed by atoms with Crippen molar-refractivity contribution in [2.45, 2.75) is 13.0 Å². The van der Waals surface area contributed by atoms with Crippen molar-refractivity contribution in [3.63, 3.8) is 0 Å². The first kappa shape index (κ1) is 11.8. The maximum atomic E-state index is 12.7. The molecule has 0 bridgehead atoms. The third-order valence-corrected chi connectivity index (χ3v) is 2.82. The number of hydrogen-bond acceptors (Lipinski definition) is 2. The molecule has 0 saturated heterocycles. The Morgan fingerprint density at radius 1 is 1.35 bits per heavy atom. The fourth-order valence-corrected chi connectivity index (χ4v) is 1.94. The van der Waals surface area contributed by atoms with Crippen LogP contribution in [0.2, 0.25) is 0 Å². The molecule has 0 amide bonds. The number of rotatable bonds is 3. The van der Waals surface area contributed by atoms with Crippen molar-refractivity contribution in [3.05, 3.63) is 47.3 Å². The highest BCUT2D eigenvalue weighted by Crippen LogP contribution is 2.13. The maximum Gasteiger partial charge on any atom is 0.332 e. The molecular formula is C13H14FNO2. The summed E-state index contributed by atoms with van der Waals surface area (Å²) < 4.78 is 12.7. The first-order valence-electron chi connectivity index (χ1n) is 5.54. The lowest BCUT2D eigenvalue weighted by Gasteiger charge is -2.25. The molecule has 4 heteroatoms. The maximum absolute atomic E-state index is 12.7. The predicted molar refractivity (Wildman–Crippen MR) is 62.0 cm³/mol. The van der Waals surface area contributed by atoms with Crippen LogP contribution in [0, 0.1) is 5.82 Å². The van der Waals surface area contributed by atoms with E-state index >= 15 is 0 Å². The summed E-state index contributed by atoms with van der Waals surface area (Å²) in [7, 11) is 0. The number of benzene rings is 1. The number of carboxylic acid groups (broad SMARTS) is 1. The summed E-state index contributed by atoms with van der Waals surface area (Å²) in [5.41, 5.74) is 1.44. The van der Waals surface area contributed by atoms with Crippen LogP contribution in [0.5, 0.6) is 0 Å². The van der Waals surface area contributed by atoms with Gasteiger partial charge >= 0.3 is 5.97 Å². The average molecular weight is 235 g/mol. The summed E-state index contributed by atoms with van der Waals surface area (Å²) in [6.07, 6.45) is 2.52. The quantitative estimate of drug-likeness (QED) is 0.871. The van der Waals surface area contributed by atoms with Crippen molar-refractivity contribution in [3.8, 4) is 0 Å². The molecule has 17 heavy (non-hydrogen) atoms. The average Bonchev–Trinajstić information content (AvgIpc) is 2.32. The van der Waals surface area contributed by atoms with Crippen molar-refractivity contribution in [1.29, 1.82) is 0 Å².